The molecule has 0 spiro atoms. The van der Waals surface area contributed by atoms with Gasteiger partial charge in [0.2, 0.25) is 0 Å². The second kappa shape index (κ2) is 10.6. The first kappa shape index (κ1) is 24.2. The maximum Gasteiger partial charge on any atom is 0.252 e. The first-order chi connectivity index (χ1) is 17.5. The standard InChI is InChI=1S/C30H35N5O/c1-21-9-11-26(12-10-21)35-29-28(23(3)33-35)27(19-22(2)32-29)30(36)31-15-18-34-16-13-25(14-17-34)20-24-7-5-4-6-8-24/h4-12,19,25H,13-18,20H2,1-3H3,(H,31,36). The SMILES string of the molecule is Cc1ccc(-n2nc(C)c3c(C(=O)NCCN4CCC(Cc5ccccc5)CC4)cc(C)nc32)cc1. The minimum atomic E-state index is -0.0592. The van der Waals surface area contributed by atoms with E-state index in [9.17, 15) is 4.79 Å². The summed E-state index contributed by atoms with van der Waals surface area (Å²) in [6.07, 6.45) is 3.59. The van der Waals surface area contributed by atoms with Gasteiger partial charge >= 0.3 is 0 Å². The van der Waals surface area contributed by atoms with Gasteiger partial charge in [-0.3, -0.25) is 4.79 Å². The van der Waals surface area contributed by atoms with Crippen LogP contribution in [0.4, 0.5) is 0 Å². The number of nitrogens with zero attached hydrogens (tertiary/aromatic N) is 4. The minimum Gasteiger partial charge on any atom is -0.351 e. The van der Waals surface area contributed by atoms with Crippen molar-refractivity contribution < 1.29 is 4.79 Å². The van der Waals surface area contributed by atoms with Gasteiger partial charge in [-0.2, -0.15) is 5.10 Å². The highest BCUT2D eigenvalue weighted by Crippen LogP contribution is 2.25. The van der Waals surface area contributed by atoms with E-state index >= 15 is 0 Å². The Hall–Kier alpha value is -3.51. The van der Waals surface area contributed by atoms with Crippen molar-refractivity contribution >= 4 is 16.9 Å². The second-order valence-corrected chi connectivity index (χ2v) is 10.1. The van der Waals surface area contributed by atoms with E-state index < -0.39 is 0 Å². The minimum absolute atomic E-state index is 0.0592. The first-order valence-corrected chi connectivity index (χ1v) is 13.0. The highest BCUT2D eigenvalue weighted by Gasteiger charge is 2.21. The molecule has 1 aliphatic heterocycles. The maximum absolute atomic E-state index is 13.3. The normalized spacial score (nSPS) is 14.9. The summed E-state index contributed by atoms with van der Waals surface area (Å²) in [5, 5.41) is 8.71. The number of hydrogen-bond donors (Lipinski definition) is 1. The van der Waals surface area contributed by atoms with E-state index in [1.54, 1.807) is 0 Å². The zero-order valence-corrected chi connectivity index (χ0v) is 21.5. The molecule has 186 valence electrons. The zero-order valence-electron chi connectivity index (χ0n) is 21.5. The number of rotatable bonds is 7. The lowest BCUT2D eigenvalue weighted by Gasteiger charge is -2.32. The largest absolute Gasteiger partial charge is 0.351 e. The fourth-order valence-corrected chi connectivity index (χ4v) is 5.24. The molecular formula is C30H35N5O. The van der Waals surface area contributed by atoms with Gasteiger partial charge in [-0.25, -0.2) is 9.67 Å². The summed E-state index contributed by atoms with van der Waals surface area (Å²) in [5.41, 5.74) is 6.56. The van der Waals surface area contributed by atoms with Crippen molar-refractivity contribution in [3.8, 4) is 5.69 Å². The summed E-state index contributed by atoms with van der Waals surface area (Å²) in [6, 6.07) is 20.9. The van der Waals surface area contributed by atoms with Gasteiger partial charge in [0.25, 0.3) is 5.91 Å². The van der Waals surface area contributed by atoms with Crippen molar-refractivity contribution in [2.45, 2.75) is 40.0 Å². The molecule has 2 aromatic heterocycles. The van der Waals surface area contributed by atoms with E-state index in [0.29, 0.717) is 12.1 Å². The van der Waals surface area contributed by atoms with Gasteiger partial charge in [0.1, 0.15) is 0 Å². The molecule has 5 rings (SSSR count). The molecule has 36 heavy (non-hydrogen) atoms. The fraction of sp³-hybridized carbons (Fsp3) is 0.367. The van der Waals surface area contributed by atoms with Crippen molar-refractivity contribution in [1.29, 1.82) is 0 Å². The van der Waals surface area contributed by atoms with Crippen LogP contribution in [0.1, 0.15) is 45.7 Å². The Labute approximate surface area is 213 Å². The van der Waals surface area contributed by atoms with E-state index in [1.165, 1.54) is 30.4 Å². The van der Waals surface area contributed by atoms with E-state index in [-0.39, 0.29) is 5.91 Å². The molecule has 0 bridgehead atoms. The van der Waals surface area contributed by atoms with Crippen LogP contribution in [0.3, 0.4) is 0 Å². The Kier molecular flexibility index (Phi) is 7.14. The summed E-state index contributed by atoms with van der Waals surface area (Å²) in [5.74, 6) is 0.690. The summed E-state index contributed by atoms with van der Waals surface area (Å²) >= 11 is 0. The molecule has 0 unspecified atom stereocenters. The third-order valence-corrected chi connectivity index (χ3v) is 7.25. The predicted molar refractivity (Wildman–Crippen MR) is 145 cm³/mol. The van der Waals surface area contributed by atoms with Gasteiger partial charge in [-0.1, -0.05) is 48.0 Å². The van der Waals surface area contributed by atoms with Crippen molar-refractivity contribution in [1.82, 2.24) is 25.0 Å². The number of benzene rings is 2. The number of carbonyl (C=O) groups is 1. The highest BCUT2D eigenvalue weighted by atomic mass is 16.1. The van der Waals surface area contributed by atoms with Crippen molar-refractivity contribution in [2.24, 2.45) is 5.92 Å². The quantitative estimate of drug-likeness (QED) is 0.402. The highest BCUT2D eigenvalue weighted by molar-refractivity contribution is 6.06. The average Bonchev–Trinajstić information content (AvgIpc) is 3.21. The van der Waals surface area contributed by atoms with Crippen LogP contribution in [0.5, 0.6) is 0 Å². The van der Waals surface area contributed by atoms with Gasteiger partial charge in [0.15, 0.2) is 5.65 Å². The van der Waals surface area contributed by atoms with Gasteiger partial charge in [0, 0.05) is 18.8 Å². The number of amides is 1. The average molecular weight is 482 g/mol. The Bertz CT molecular complexity index is 1340. The number of piperidine rings is 1. The van der Waals surface area contributed by atoms with Gasteiger partial charge in [0.05, 0.1) is 22.3 Å². The second-order valence-electron chi connectivity index (χ2n) is 10.1. The van der Waals surface area contributed by atoms with Gasteiger partial charge in [-0.05, 0) is 82.8 Å². The topological polar surface area (TPSA) is 63.1 Å². The van der Waals surface area contributed by atoms with E-state index in [0.717, 1.165) is 53.7 Å². The van der Waals surface area contributed by atoms with Crippen molar-refractivity contribution in [2.75, 3.05) is 26.2 Å². The number of pyridine rings is 1. The molecule has 0 radical (unpaired) electrons. The molecule has 1 saturated heterocycles. The summed E-state index contributed by atoms with van der Waals surface area (Å²) in [7, 11) is 0. The molecule has 1 N–H and O–H groups in total. The number of likely N-dealkylation sites (tertiary alicyclic amines) is 1. The zero-order chi connectivity index (χ0) is 25.1. The van der Waals surface area contributed by atoms with E-state index in [4.69, 9.17) is 10.1 Å². The summed E-state index contributed by atoms with van der Waals surface area (Å²) in [4.78, 5) is 20.5. The van der Waals surface area contributed by atoms with Crippen LogP contribution < -0.4 is 5.32 Å². The van der Waals surface area contributed by atoms with Crippen LogP contribution in [-0.2, 0) is 6.42 Å². The molecule has 1 aliphatic rings. The Morgan fingerprint density at radius 3 is 2.44 bits per heavy atom. The molecular weight excluding hydrogens is 446 g/mol. The molecule has 3 heterocycles. The number of aryl methyl sites for hydroxylation is 3. The van der Waals surface area contributed by atoms with Crippen LogP contribution in [0.25, 0.3) is 16.7 Å². The van der Waals surface area contributed by atoms with Gasteiger partial charge < -0.3 is 10.2 Å². The molecule has 0 aliphatic carbocycles. The molecule has 0 saturated carbocycles. The molecule has 6 nitrogen and oxygen atoms in total. The molecule has 2 aromatic carbocycles. The smallest absolute Gasteiger partial charge is 0.252 e. The lowest BCUT2D eigenvalue weighted by molar-refractivity contribution is 0.0945. The number of aromatic nitrogens is 3. The fourth-order valence-electron chi connectivity index (χ4n) is 5.24. The third kappa shape index (κ3) is 5.34. The monoisotopic (exact) mass is 481 g/mol. The Balaban J connectivity index is 1.21. The molecule has 1 fully saturated rings. The Morgan fingerprint density at radius 1 is 1.00 bits per heavy atom. The van der Waals surface area contributed by atoms with E-state index in [2.05, 4.69) is 59.6 Å². The lowest BCUT2D eigenvalue weighted by Crippen LogP contribution is -2.40. The molecule has 4 aromatic rings. The van der Waals surface area contributed by atoms with Crippen LogP contribution >= 0.6 is 0 Å². The molecule has 6 heteroatoms. The number of carbonyl (C=O) groups excluding carboxylic acids is 1. The van der Waals surface area contributed by atoms with Crippen LogP contribution in [-0.4, -0.2) is 51.8 Å². The Morgan fingerprint density at radius 2 is 1.72 bits per heavy atom. The molecule has 0 atom stereocenters. The number of nitrogens with one attached hydrogen (secondary N) is 1. The van der Waals surface area contributed by atoms with E-state index in [1.807, 2.05) is 36.7 Å². The first-order valence-electron chi connectivity index (χ1n) is 13.0. The van der Waals surface area contributed by atoms with Gasteiger partial charge in [-0.15, -0.1) is 0 Å². The summed E-state index contributed by atoms with van der Waals surface area (Å²) in [6.45, 7) is 9.63. The third-order valence-electron chi connectivity index (χ3n) is 7.25. The summed E-state index contributed by atoms with van der Waals surface area (Å²) < 4.78 is 1.84. The van der Waals surface area contributed by atoms with Crippen molar-refractivity contribution in [3.63, 3.8) is 0 Å². The van der Waals surface area contributed by atoms with Crippen molar-refractivity contribution in [3.05, 3.63) is 88.7 Å². The predicted octanol–water partition coefficient (Wildman–Crippen LogP) is 5.03. The lowest BCUT2D eigenvalue weighted by atomic mass is 9.90. The van der Waals surface area contributed by atoms with Crippen LogP contribution in [0.15, 0.2) is 60.7 Å². The maximum atomic E-state index is 13.3. The number of hydrogen-bond acceptors (Lipinski definition) is 4. The van der Waals surface area contributed by atoms with Crippen LogP contribution in [0, 0.1) is 26.7 Å². The molecule has 1 amide bonds. The number of fused-ring (bicyclic) bond motifs is 1. The van der Waals surface area contributed by atoms with Crippen LogP contribution in [0.2, 0.25) is 0 Å².